The first kappa shape index (κ1) is 12.7. The molecule has 0 aromatic heterocycles. The zero-order chi connectivity index (χ0) is 11.6. The summed E-state index contributed by atoms with van der Waals surface area (Å²) in [5, 5.41) is 0. The summed E-state index contributed by atoms with van der Waals surface area (Å²) >= 11 is 0. The topological polar surface area (TPSA) is 35.5 Å². The van der Waals surface area contributed by atoms with Gasteiger partial charge in [0.05, 0.1) is 0 Å². The Labute approximate surface area is 92.1 Å². The van der Waals surface area contributed by atoms with Crippen LogP contribution in [0.25, 0.3) is 0 Å². The number of ether oxygens (including phenoxy) is 2. The first-order valence-corrected chi connectivity index (χ1v) is 5.48. The van der Waals surface area contributed by atoms with Crippen molar-refractivity contribution in [2.24, 2.45) is 17.3 Å². The quantitative estimate of drug-likeness (QED) is 0.636. The van der Waals surface area contributed by atoms with Crippen molar-refractivity contribution < 1.29 is 14.3 Å². The van der Waals surface area contributed by atoms with E-state index < -0.39 is 0 Å². The van der Waals surface area contributed by atoms with Crippen LogP contribution in [0.1, 0.15) is 33.6 Å². The molecule has 0 aromatic rings. The molecule has 0 spiro atoms. The molecule has 3 heteroatoms. The molecule has 0 heterocycles. The van der Waals surface area contributed by atoms with Crippen molar-refractivity contribution in [3.8, 4) is 0 Å². The second kappa shape index (κ2) is 4.62. The zero-order valence-corrected chi connectivity index (χ0v) is 10.4. The lowest BCUT2D eigenvalue weighted by Crippen LogP contribution is -2.14. The van der Waals surface area contributed by atoms with E-state index in [0.717, 1.165) is 6.42 Å². The molecule has 1 aliphatic rings. The highest BCUT2D eigenvalue weighted by Crippen LogP contribution is 2.62. The zero-order valence-electron chi connectivity index (χ0n) is 10.4. The van der Waals surface area contributed by atoms with Crippen LogP contribution in [-0.4, -0.2) is 26.3 Å². The fourth-order valence-corrected chi connectivity index (χ4v) is 2.54. The lowest BCUT2D eigenvalue weighted by molar-refractivity contribution is -0.118. The van der Waals surface area contributed by atoms with Crippen molar-refractivity contribution in [1.82, 2.24) is 0 Å². The van der Waals surface area contributed by atoms with Gasteiger partial charge in [0.2, 0.25) is 0 Å². The SMILES string of the molecule is COC(C[C@@H]1[C@H](CC(C)=O)C1(C)C)OC. The molecule has 0 aromatic carbocycles. The molecule has 0 aliphatic heterocycles. The fourth-order valence-electron chi connectivity index (χ4n) is 2.54. The summed E-state index contributed by atoms with van der Waals surface area (Å²) in [4.78, 5) is 11.1. The Kier molecular flexibility index (Phi) is 3.90. The van der Waals surface area contributed by atoms with E-state index in [9.17, 15) is 4.79 Å². The molecule has 0 saturated heterocycles. The monoisotopic (exact) mass is 214 g/mol. The smallest absolute Gasteiger partial charge is 0.157 e. The minimum atomic E-state index is -0.133. The van der Waals surface area contributed by atoms with Gasteiger partial charge in [-0.2, -0.15) is 0 Å². The number of ketones is 1. The number of carbonyl (C=O) groups is 1. The van der Waals surface area contributed by atoms with Gasteiger partial charge in [0.1, 0.15) is 5.78 Å². The van der Waals surface area contributed by atoms with Crippen LogP contribution >= 0.6 is 0 Å². The van der Waals surface area contributed by atoms with E-state index in [4.69, 9.17) is 9.47 Å². The Balaban J connectivity index is 2.47. The van der Waals surface area contributed by atoms with E-state index in [-0.39, 0.29) is 17.5 Å². The molecule has 1 aliphatic carbocycles. The fraction of sp³-hybridized carbons (Fsp3) is 0.917. The summed E-state index contributed by atoms with van der Waals surface area (Å²) in [5.41, 5.74) is 0.265. The molecule has 1 saturated carbocycles. The highest BCUT2D eigenvalue weighted by molar-refractivity contribution is 5.76. The summed E-state index contributed by atoms with van der Waals surface area (Å²) < 4.78 is 10.4. The van der Waals surface area contributed by atoms with Crippen LogP contribution in [-0.2, 0) is 14.3 Å². The maximum Gasteiger partial charge on any atom is 0.157 e. The first-order valence-electron chi connectivity index (χ1n) is 5.48. The Hall–Kier alpha value is -0.410. The van der Waals surface area contributed by atoms with Crippen molar-refractivity contribution in [1.29, 1.82) is 0 Å². The van der Waals surface area contributed by atoms with Crippen LogP contribution in [0.4, 0.5) is 0 Å². The number of Topliss-reactive ketones (excluding diaryl/α,β-unsaturated/α-hetero) is 1. The van der Waals surface area contributed by atoms with Gasteiger partial charge in [-0.25, -0.2) is 0 Å². The molecular formula is C12H22O3. The standard InChI is InChI=1S/C12H22O3/c1-8(13)6-9-10(12(9,2)3)7-11(14-4)15-5/h9-11H,6-7H2,1-5H3/t9-,10+/m0/s1. The van der Waals surface area contributed by atoms with Crippen molar-refractivity contribution in [2.75, 3.05) is 14.2 Å². The number of carbonyl (C=O) groups excluding carboxylic acids is 1. The normalized spacial score (nSPS) is 28.1. The van der Waals surface area contributed by atoms with Gasteiger partial charge in [0.15, 0.2) is 6.29 Å². The van der Waals surface area contributed by atoms with Crippen molar-refractivity contribution in [3.63, 3.8) is 0 Å². The van der Waals surface area contributed by atoms with E-state index in [1.807, 2.05) is 0 Å². The second-order valence-electron chi connectivity index (χ2n) is 5.08. The van der Waals surface area contributed by atoms with Gasteiger partial charge in [-0.1, -0.05) is 13.8 Å². The van der Waals surface area contributed by atoms with Crippen LogP contribution in [0.15, 0.2) is 0 Å². The number of rotatable bonds is 6. The van der Waals surface area contributed by atoms with Gasteiger partial charge in [0, 0.05) is 27.1 Å². The Morgan fingerprint density at radius 1 is 1.27 bits per heavy atom. The Bertz CT molecular complexity index is 231. The maximum absolute atomic E-state index is 11.1. The van der Waals surface area contributed by atoms with Gasteiger partial charge >= 0.3 is 0 Å². The Morgan fingerprint density at radius 3 is 2.20 bits per heavy atom. The van der Waals surface area contributed by atoms with Crippen LogP contribution in [0.2, 0.25) is 0 Å². The third kappa shape index (κ3) is 2.79. The predicted molar refractivity (Wildman–Crippen MR) is 58.5 cm³/mol. The minimum absolute atomic E-state index is 0.133. The summed E-state index contributed by atoms with van der Waals surface area (Å²) in [6.07, 6.45) is 1.45. The molecule has 0 amide bonds. The summed E-state index contributed by atoms with van der Waals surface area (Å²) in [6, 6.07) is 0. The van der Waals surface area contributed by atoms with Gasteiger partial charge in [-0.15, -0.1) is 0 Å². The number of hydrogen-bond acceptors (Lipinski definition) is 3. The van der Waals surface area contributed by atoms with Gasteiger partial charge in [-0.05, 0) is 24.2 Å². The molecule has 88 valence electrons. The number of hydrogen-bond donors (Lipinski definition) is 0. The molecule has 1 rings (SSSR count). The average molecular weight is 214 g/mol. The molecular weight excluding hydrogens is 192 g/mol. The third-order valence-electron chi connectivity index (χ3n) is 3.77. The molecule has 0 unspecified atom stereocenters. The molecule has 2 atom stereocenters. The van der Waals surface area contributed by atoms with E-state index >= 15 is 0 Å². The summed E-state index contributed by atoms with van der Waals surface area (Å²) in [5.74, 6) is 1.33. The molecule has 0 bridgehead atoms. The van der Waals surface area contributed by atoms with Crippen molar-refractivity contribution >= 4 is 5.78 Å². The predicted octanol–water partition coefficient (Wildman–Crippen LogP) is 2.25. The number of methoxy groups -OCH3 is 2. The summed E-state index contributed by atoms with van der Waals surface area (Å²) in [7, 11) is 3.31. The largest absolute Gasteiger partial charge is 0.356 e. The van der Waals surface area contributed by atoms with E-state index in [0.29, 0.717) is 18.3 Å². The molecule has 0 radical (unpaired) electrons. The van der Waals surface area contributed by atoms with Gasteiger partial charge < -0.3 is 14.3 Å². The first-order chi connectivity index (χ1) is 6.93. The maximum atomic E-state index is 11.1. The third-order valence-corrected chi connectivity index (χ3v) is 3.77. The van der Waals surface area contributed by atoms with Crippen LogP contribution in [0.5, 0.6) is 0 Å². The van der Waals surface area contributed by atoms with E-state index in [1.165, 1.54) is 0 Å². The molecule has 1 fully saturated rings. The Morgan fingerprint density at radius 2 is 1.80 bits per heavy atom. The van der Waals surface area contributed by atoms with E-state index in [2.05, 4.69) is 13.8 Å². The molecule has 3 nitrogen and oxygen atoms in total. The van der Waals surface area contributed by atoms with Crippen LogP contribution in [0, 0.1) is 17.3 Å². The highest BCUT2D eigenvalue weighted by Gasteiger charge is 2.57. The minimum Gasteiger partial charge on any atom is -0.356 e. The lowest BCUT2D eigenvalue weighted by Gasteiger charge is -2.13. The van der Waals surface area contributed by atoms with Gasteiger partial charge in [0.25, 0.3) is 0 Å². The molecule has 0 N–H and O–H groups in total. The van der Waals surface area contributed by atoms with Crippen molar-refractivity contribution in [3.05, 3.63) is 0 Å². The van der Waals surface area contributed by atoms with Crippen molar-refractivity contribution in [2.45, 2.75) is 39.9 Å². The lowest BCUT2D eigenvalue weighted by atomic mass is 10.1. The average Bonchev–Trinajstić information content (AvgIpc) is 2.63. The second-order valence-corrected chi connectivity index (χ2v) is 5.08. The van der Waals surface area contributed by atoms with Crippen LogP contribution in [0.3, 0.4) is 0 Å². The van der Waals surface area contributed by atoms with Crippen LogP contribution < -0.4 is 0 Å². The highest BCUT2D eigenvalue weighted by atomic mass is 16.7. The van der Waals surface area contributed by atoms with E-state index in [1.54, 1.807) is 21.1 Å². The molecule has 15 heavy (non-hydrogen) atoms. The summed E-state index contributed by atoms with van der Waals surface area (Å²) in [6.45, 7) is 6.09. The van der Waals surface area contributed by atoms with Gasteiger partial charge in [-0.3, -0.25) is 0 Å².